The number of rotatable bonds is 9. The summed E-state index contributed by atoms with van der Waals surface area (Å²) in [5.74, 6) is 1.85. The molecule has 0 atom stereocenters. The first-order valence-electron chi connectivity index (χ1n) is 10.9. The molecule has 1 aromatic heterocycles. The number of fused-ring (bicyclic) bond motifs is 1. The number of aromatic amines is 1. The van der Waals surface area contributed by atoms with Gasteiger partial charge in [0, 0.05) is 6.42 Å². The van der Waals surface area contributed by atoms with Gasteiger partial charge in [0.05, 0.1) is 24.5 Å². The monoisotopic (exact) mass is 480 g/mol. The van der Waals surface area contributed by atoms with Gasteiger partial charge in [-0.1, -0.05) is 61.0 Å². The number of benzene rings is 3. The lowest BCUT2D eigenvalue weighted by atomic mass is 10.0. The second-order valence-corrected chi connectivity index (χ2v) is 8.22. The molecule has 0 bridgehead atoms. The average molecular weight is 481 g/mol. The van der Waals surface area contributed by atoms with Crippen LogP contribution in [-0.4, -0.2) is 34.3 Å². The number of H-pyrrole nitrogens is 1. The van der Waals surface area contributed by atoms with E-state index in [4.69, 9.17) is 33.3 Å². The topological polar surface area (TPSA) is 64.4 Å². The van der Waals surface area contributed by atoms with Gasteiger partial charge in [-0.25, -0.2) is 0 Å². The molecule has 33 heavy (non-hydrogen) atoms. The predicted molar refractivity (Wildman–Crippen MR) is 136 cm³/mol. The number of halogens is 1. The van der Waals surface area contributed by atoms with Crippen LogP contribution in [0.2, 0.25) is 5.02 Å². The zero-order chi connectivity index (χ0) is 23.2. The lowest BCUT2D eigenvalue weighted by molar-refractivity contribution is 0.277. The van der Waals surface area contributed by atoms with Crippen molar-refractivity contribution < 1.29 is 9.47 Å². The molecule has 4 aromatic rings. The quantitative estimate of drug-likeness (QED) is 0.222. The van der Waals surface area contributed by atoms with Crippen molar-refractivity contribution in [2.45, 2.75) is 26.7 Å². The van der Waals surface area contributed by atoms with Crippen molar-refractivity contribution in [1.82, 2.24) is 14.9 Å². The highest BCUT2D eigenvalue weighted by Gasteiger charge is 2.13. The van der Waals surface area contributed by atoms with Gasteiger partial charge < -0.3 is 9.47 Å². The van der Waals surface area contributed by atoms with Crippen molar-refractivity contribution in [2.75, 3.05) is 13.2 Å². The van der Waals surface area contributed by atoms with Crippen LogP contribution in [0.1, 0.15) is 37.2 Å². The van der Waals surface area contributed by atoms with Crippen molar-refractivity contribution in [2.24, 2.45) is 5.10 Å². The highest BCUT2D eigenvalue weighted by atomic mass is 35.5. The molecular formula is C25H25ClN4O2S. The van der Waals surface area contributed by atoms with Gasteiger partial charge in [0.1, 0.15) is 0 Å². The molecule has 0 saturated carbocycles. The molecule has 0 spiro atoms. The lowest BCUT2D eigenvalue weighted by Crippen LogP contribution is -2.03. The van der Waals surface area contributed by atoms with Crippen LogP contribution >= 0.6 is 23.8 Å². The highest BCUT2D eigenvalue weighted by molar-refractivity contribution is 7.71. The summed E-state index contributed by atoms with van der Waals surface area (Å²) in [4.78, 5) is 0. The van der Waals surface area contributed by atoms with Gasteiger partial charge in [0.15, 0.2) is 17.3 Å². The maximum absolute atomic E-state index is 6.48. The van der Waals surface area contributed by atoms with Crippen molar-refractivity contribution in [3.63, 3.8) is 0 Å². The largest absolute Gasteiger partial charge is 0.490 e. The van der Waals surface area contributed by atoms with E-state index in [2.05, 4.69) is 39.6 Å². The van der Waals surface area contributed by atoms with Crippen molar-refractivity contribution in [1.29, 1.82) is 0 Å². The van der Waals surface area contributed by atoms with E-state index in [-0.39, 0.29) is 0 Å². The number of hydrogen-bond donors (Lipinski definition) is 1. The summed E-state index contributed by atoms with van der Waals surface area (Å²) in [6, 6.07) is 18.2. The zero-order valence-corrected chi connectivity index (χ0v) is 20.1. The Balaban J connectivity index is 1.64. The third-order valence-corrected chi connectivity index (χ3v) is 5.60. The molecule has 0 fully saturated rings. The minimum absolute atomic E-state index is 0.417. The summed E-state index contributed by atoms with van der Waals surface area (Å²) in [5.41, 5.74) is 1.92. The van der Waals surface area contributed by atoms with Crippen molar-refractivity contribution >= 4 is 40.8 Å². The van der Waals surface area contributed by atoms with Gasteiger partial charge in [0.25, 0.3) is 0 Å². The second kappa shape index (κ2) is 10.6. The summed E-state index contributed by atoms with van der Waals surface area (Å²) in [7, 11) is 0. The Kier molecular flexibility index (Phi) is 7.42. The molecule has 0 saturated heterocycles. The predicted octanol–water partition coefficient (Wildman–Crippen LogP) is 6.41. The standard InChI is InChI=1S/C25H25ClN4O2S/c1-3-12-32-24-21(26)13-17(14-22(24)31-4-2)16-27-30-23(28-29-25(30)33)15-19-10-7-9-18-8-5-6-11-20(18)19/h5-11,13-14,16H,3-4,12,15H2,1-2H3,(H,29,33). The third-order valence-electron chi connectivity index (χ3n) is 5.05. The van der Waals surface area contributed by atoms with Crippen LogP contribution in [0.25, 0.3) is 10.8 Å². The van der Waals surface area contributed by atoms with E-state index in [1.54, 1.807) is 17.0 Å². The van der Waals surface area contributed by atoms with Crippen molar-refractivity contribution in [3.8, 4) is 11.5 Å². The first kappa shape index (κ1) is 23.0. The Bertz CT molecular complexity index is 1340. The molecule has 8 heteroatoms. The average Bonchev–Trinajstić information content (AvgIpc) is 3.16. The van der Waals surface area contributed by atoms with E-state index in [1.807, 2.05) is 38.1 Å². The van der Waals surface area contributed by atoms with E-state index in [1.165, 1.54) is 10.8 Å². The number of hydrogen-bond acceptors (Lipinski definition) is 5. The molecule has 170 valence electrons. The Labute approximate surface area is 202 Å². The summed E-state index contributed by atoms with van der Waals surface area (Å²) in [6.07, 6.45) is 3.15. The summed E-state index contributed by atoms with van der Waals surface area (Å²) < 4.78 is 13.6. The van der Waals surface area contributed by atoms with E-state index in [0.29, 0.717) is 46.8 Å². The minimum Gasteiger partial charge on any atom is -0.490 e. The molecule has 6 nitrogen and oxygen atoms in total. The van der Waals surface area contributed by atoms with Crippen LogP contribution < -0.4 is 9.47 Å². The second-order valence-electron chi connectivity index (χ2n) is 7.43. The van der Waals surface area contributed by atoms with Crippen LogP contribution in [0.15, 0.2) is 59.7 Å². The maximum Gasteiger partial charge on any atom is 0.216 e. The van der Waals surface area contributed by atoms with E-state index in [0.717, 1.165) is 17.5 Å². The Morgan fingerprint density at radius 2 is 1.94 bits per heavy atom. The fourth-order valence-electron chi connectivity index (χ4n) is 3.57. The van der Waals surface area contributed by atoms with Crippen LogP contribution in [0.5, 0.6) is 11.5 Å². The van der Waals surface area contributed by atoms with Gasteiger partial charge in [-0.3, -0.25) is 5.10 Å². The third kappa shape index (κ3) is 5.26. The Morgan fingerprint density at radius 3 is 2.76 bits per heavy atom. The molecule has 0 radical (unpaired) electrons. The molecular weight excluding hydrogens is 456 g/mol. The smallest absolute Gasteiger partial charge is 0.216 e. The van der Waals surface area contributed by atoms with Crippen LogP contribution in [0.3, 0.4) is 0 Å². The lowest BCUT2D eigenvalue weighted by Gasteiger charge is -2.13. The first-order valence-corrected chi connectivity index (χ1v) is 11.7. The van der Waals surface area contributed by atoms with Gasteiger partial charge >= 0.3 is 0 Å². The number of nitrogens with zero attached hydrogens (tertiary/aromatic N) is 3. The Hall–Kier alpha value is -3.16. The number of ether oxygens (including phenoxy) is 2. The molecule has 0 aliphatic heterocycles. The SMILES string of the molecule is CCCOc1c(Cl)cc(C=Nn2c(Cc3cccc4ccccc34)n[nH]c2=S)cc1OCC. The summed E-state index contributed by atoms with van der Waals surface area (Å²) in [6.45, 7) is 5.03. The highest BCUT2D eigenvalue weighted by Crippen LogP contribution is 2.36. The molecule has 0 aliphatic carbocycles. The van der Waals surface area contributed by atoms with Crippen LogP contribution in [0.4, 0.5) is 0 Å². The minimum atomic E-state index is 0.417. The van der Waals surface area contributed by atoms with Crippen molar-refractivity contribution in [3.05, 3.63) is 81.3 Å². The summed E-state index contributed by atoms with van der Waals surface area (Å²) in [5, 5.41) is 14.7. The number of nitrogens with one attached hydrogen (secondary N) is 1. The normalized spacial score (nSPS) is 11.4. The fourth-order valence-corrected chi connectivity index (χ4v) is 4.04. The Morgan fingerprint density at radius 1 is 1.12 bits per heavy atom. The molecule has 3 aromatic carbocycles. The van der Waals surface area contributed by atoms with Crippen LogP contribution in [0, 0.1) is 4.77 Å². The van der Waals surface area contributed by atoms with Gasteiger partial charge in [-0.15, -0.1) is 0 Å². The zero-order valence-electron chi connectivity index (χ0n) is 18.5. The molecule has 4 rings (SSSR count). The maximum atomic E-state index is 6.48. The van der Waals surface area contributed by atoms with Gasteiger partial charge in [-0.05, 0) is 59.6 Å². The van der Waals surface area contributed by atoms with Crippen LogP contribution in [-0.2, 0) is 6.42 Å². The number of aromatic nitrogens is 3. The van der Waals surface area contributed by atoms with E-state index < -0.39 is 0 Å². The molecule has 0 aliphatic rings. The molecule has 1 heterocycles. The van der Waals surface area contributed by atoms with E-state index in [9.17, 15) is 0 Å². The molecule has 0 unspecified atom stereocenters. The molecule has 0 amide bonds. The fraction of sp³-hybridized carbons (Fsp3) is 0.240. The van der Waals surface area contributed by atoms with Gasteiger partial charge in [0.2, 0.25) is 4.77 Å². The van der Waals surface area contributed by atoms with Gasteiger partial charge in [-0.2, -0.15) is 14.9 Å². The summed E-state index contributed by atoms with van der Waals surface area (Å²) >= 11 is 11.9. The van der Waals surface area contributed by atoms with E-state index >= 15 is 0 Å². The molecule has 1 N–H and O–H groups in total. The first-order chi connectivity index (χ1) is 16.1.